The van der Waals surface area contributed by atoms with Gasteiger partial charge in [-0.15, -0.1) is 0 Å². The summed E-state index contributed by atoms with van der Waals surface area (Å²) < 4.78 is 13.8. The van der Waals surface area contributed by atoms with Gasteiger partial charge in [-0.25, -0.2) is 14.2 Å². The van der Waals surface area contributed by atoms with E-state index >= 15 is 0 Å². The number of pyridine rings is 1. The maximum absolute atomic E-state index is 13.8. The fraction of sp³-hybridized carbons (Fsp3) is 0.300. The molecule has 0 spiro atoms. The van der Waals surface area contributed by atoms with E-state index in [-0.39, 0.29) is 11.9 Å². The van der Waals surface area contributed by atoms with Gasteiger partial charge in [-0.1, -0.05) is 29.8 Å². The summed E-state index contributed by atoms with van der Waals surface area (Å²) in [6.45, 7) is 2.34. The zero-order valence-corrected chi connectivity index (χ0v) is 15.5. The molecular weight excluding hydrogens is 369 g/mol. The van der Waals surface area contributed by atoms with Gasteiger partial charge < -0.3 is 10.4 Å². The van der Waals surface area contributed by atoms with Crippen molar-refractivity contribution in [1.82, 2.24) is 9.88 Å². The number of hydrogen-bond donors (Lipinski definition) is 2. The standard InChI is InChI=1S/C20H21ClFN3O2/c21-17-11-14(5-6-19(26)27)12-23-20(17)24-16-7-9-25(10-8-16)13-15-3-1-2-4-18(15)22/h1-6,11-12,16H,7-10,13H2,(H,23,24)(H,26,27)/b6-5+. The van der Waals surface area contributed by atoms with E-state index in [1.165, 1.54) is 12.1 Å². The molecule has 1 aliphatic heterocycles. The third kappa shape index (κ3) is 5.52. The Hall–Kier alpha value is -2.44. The largest absolute Gasteiger partial charge is 0.478 e. The summed E-state index contributed by atoms with van der Waals surface area (Å²) in [5.74, 6) is -0.585. The average molecular weight is 390 g/mol. The van der Waals surface area contributed by atoms with Crippen LogP contribution >= 0.6 is 11.6 Å². The van der Waals surface area contributed by atoms with Crippen LogP contribution < -0.4 is 5.32 Å². The fourth-order valence-electron chi connectivity index (χ4n) is 3.11. The maximum Gasteiger partial charge on any atom is 0.328 e. The van der Waals surface area contributed by atoms with E-state index in [1.54, 1.807) is 18.3 Å². The molecule has 3 rings (SSSR count). The van der Waals surface area contributed by atoms with Gasteiger partial charge in [0.1, 0.15) is 11.6 Å². The topological polar surface area (TPSA) is 65.5 Å². The van der Waals surface area contributed by atoms with Crippen molar-refractivity contribution in [2.75, 3.05) is 18.4 Å². The molecule has 7 heteroatoms. The number of carbonyl (C=O) groups is 1. The zero-order chi connectivity index (χ0) is 19.2. The van der Waals surface area contributed by atoms with Crippen LogP contribution in [0.3, 0.4) is 0 Å². The Kier molecular flexibility index (Phi) is 6.42. The van der Waals surface area contributed by atoms with E-state index in [0.717, 1.165) is 37.6 Å². The molecule has 2 aromatic rings. The van der Waals surface area contributed by atoms with Crippen molar-refractivity contribution in [3.63, 3.8) is 0 Å². The number of aliphatic carboxylic acids is 1. The molecular formula is C20H21ClFN3O2. The lowest BCUT2D eigenvalue weighted by Gasteiger charge is -2.32. The summed E-state index contributed by atoms with van der Waals surface area (Å²) >= 11 is 6.26. The van der Waals surface area contributed by atoms with Gasteiger partial charge in [-0.3, -0.25) is 4.90 Å². The molecule has 1 saturated heterocycles. The second-order valence-electron chi connectivity index (χ2n) is 6.56. The SMILES string of the molecule is O=C(O)/C=C/c1cnc(NC2CCN(Cc3ccccc3F)CC2)c(Cl)c1. The van der Waals surface area contributed by atoms with Crippen molar-refractivity contribution in [3.8, 4) is 0 Å². The second kappa shape index (κ2) is 8.97. The molecule has 0 unspecified atom stereocenters. The third-order valence-electron chi connectivity index (χ3n) is 4.56. The van der Waals surface area contributed by atoms with Crippen LogP contribution in [0.25, 0.3) is 6.08 Å². The number of aromatic nitrogens is 1. The molecule has 27 heavy (non-hydrogen) atoms. The third-order valence-corrected chi connectivity index (χ3v) is 4.85. The van der Waals surface area contributed by atoms with Gasteiger partial charge in [0.05, 0.1) is 5.02 Å². The van der Waals surface area contributed by atoms with Crippen molar-refractivity contribution >= 4 is 29.5 Å². The molecule has 0 amide bonds. The highest BCUT2D eigenvalue weighted by Gasteiger charge is 2.21. The Morgan fingerprint density at radius 3 is 2.78 bits per heavy atom. The lowest BCUT2D eigenvalue weighted by atomic mass is 10.0. The molecule has 1 aromatic heterocycles. The summed E-state index contributed by atoms with van der Waals surface area (Å²) in [5.41, 5.74) is 1.35. The number of carboxylic acid groups (broad SMARTS) is 1. The van der Waals surface area contributed by atoms with Gasteiger partial charge in [0.25, 0.3) is 0 Å². The van der Waals surface area contributed by atoms with E-state index in [0.29, 0.717) is 22.9 Å². The van der Waals surface area contributed by atoms with Gasteiger partial charge in [0.15, 0.2) is 0 Å². The predicted octanol–water partition coefficient (Wildman–Crippen LogP) is 4.05. The van der Waals surface area contributed by atoms with Crippen molar-refractivity contribution < 1.29 is 14.3 Å². The Morgan fingerprint density at radius 1 is 1.37 bits per heavy atom. The lowest BCUT2D eigenvalue weighted by molar-refractivity contribution is -0.131. The van der Waals surface area contributed by atoms with Crippen molar-refractivity contribution in [2.24, 2.45) is 0 Å². The van der Waals surface area contributed by atoms with Crippen LogP contribution in [0.15, 0.2) is 42.6 Å². The quantitative estimate of drug-likeness (QED) is 0.730. The number of rotatable bonds is 6. The number of piperidine rings is 1. The molecule has 0 bridgehead atoms. The number of likely N-dealkylation sites (tertiary alicyclic amines) is 1. The first-order chi connectivity index (χ1) is 13.0. The average Bonchev–Trinajstić information content (AvgIpc) is 2.65. The minimum atomic E-state index is -1.02. The molecule has 2 N–H and O–H groups in total. The van der Waals surface area contributed by atoms with Crippen LogP contribution in [-0.2, 0) is 11.3 Å². The number of nitrogens with zero attached hydrogens (tertiary/aromatic N) is 2. The lowest BCUT2D eigenvalue weighted by Crippen LogP contribution is -2.39. The van der Waals surface area contributed by atoms with E-state index in [2.05, 4.69) is 15.2 Å². The molecule has 1 aromatic carbocycles. The van der Waals surface area contributed by atoms with Gasteiger partial charge in [0, 0.05) is 43.5 Å². The number of carboxylic acids is 1. The minimum absolute atomic E-state index is 0.161. The first-order valence-electron chi connectivity index (χ1n) is 8.80. The van der Waals surface area contributed by atoms with Crippen LogP contribution in [0.2, 0.25) is 5.02 Å². The van der Waals surface area contributed by atoms with Gasteiger partial charge in [-0.2, -0.15) is 0 Å². The van der Waals surface area contributed by atoms with E-state index in [9.17, 15) is 9.18 Å². The zero-order valence-electron chi connectivity index (χ0n) is 14.7. The van der Waals surface area contributed by atoms with E-state index < -0.39 is 5.97 Å². The number of hydrogen-bond acceptors (Lipinski definition) is 4. The van der Waals surface area contributed by atoms with Crippen LogP contribution in [0.1, 0.15) is 24.0 Å². The predicted molar refractivity (Wildman–Crippen MR) is 104 cm³/mol. The van der Waals surface area contributed by atoms with Gasteiger partial charge >= 0.3 is 5.97 Å². The van der Waals surface area contributed by atoms with Crippen molar-refractivity contribution in [2.45, 2.75) is 25.4 Å². The molecule has 2 heterocycles. The highest BCUT2D eigenvalue weighted by Crippen LogP contribution is 2.24. The molecule has 5 nitrogen and oxygen atoms in total. The normalized spacial score (nSPS) is 15.9. The Labute approximate surface area is 162 Å². The first kappa shape index (κ1) is 19.3. The van der Waals surface area contributed by atoms with E-state index in [1.807, 2.05) is 12.1 Å². The summed E-state index contributed by atoms with van der Waals surface area (Å²) in [6.07, 6.45) is 5.90. The van der Waals surface area contributed by atoms with Crippen LogP contribution in [0, 0.1) is 5.82 Å². The summed E-state index contributed by atoms with van der Waals surface area (Å²) in [5, 5.41) is 12.5. The molecule has 1 aliphatic rings. The number of halogens is 2. The molecule has 0 saturated carbocycles. The van der Waals surface area contributed by atoms with Gasteiger partial charge in [0.2, 0.25) is 0 Å². The summed E-state index contributed by atoms with van der Waals surface area (Å²) in [7, 11) is 0. The highest BCUT2D eigenvalue weighted by atomic mass is 35.5. The van der Waals surface area contributed by atoms with Crippen LogP contribution in [0.5, 0.6) is 0 Å². The molecule has 142 valence electrons. The molecule has 0 atom stereocenters. The number of benzene rings is 1. The Balaban J connectivity index is 1.53. The maximum atomic E-state index is 13.8. The molecule has 0 radical (unpaired) electrons. The van der Waals surface area contributed by atoms with Crippen molar-refractivity contribution in [3.05, 3.63) is 64.6 Å². The monoisotopic (exact) mass is 389 g/mol. The smallest absolute Gasteiger partial charge is 0.328 e. The summed E-state index contributed by atoms with van der Waals surface area (Å²) in [6, 6.07) is 8.80. The van der Waals surface area contributed by atoms with Crippen molar-refractivity contribution in [1.29, 1.82) is 0 Å². The van der Waals surface area contributed by atoms with E-state index in [4.69, 9.17) is 16.7 Å². The summed E-state index contributed by atoms with van der Waals surface area (Å²) in [4.78, 5) is 17.1. The van der Waals surface area contributed by atoms with Crippen LogP contribution in [-0.4, -0.2) is 40.1 Å². The highest BCUT2D eigenvalue weighted by molar-refractivity contribution is 6.33. The second-order valence-corrected chi connectivity index (χ2v) is 6.96. The number of anilines is 1. The van der Waals surface area contributed by atoms with Crippen LogP contribution in [0.4, 0.5) is 10.2 Å². The Morgan fingerprint density at radius 2 is 2.11 bits per heavy atom. The molecule has 0 aliphatic carbocycles. The fourth-order valence-corrected chi connectivity index (χ4v) is 3.34. The molecule has 1 fully saturated rings. The minimum Gasteiger partial charge on any atom is -0.478 e. The number of nitrogens with one attached hydrogen (secondary N) is 1. The Bertz CT molecular complexity index is 836. The van der Waals surface area contributed by atoms with Gasteiger partial charge in [-0.05, 0) is 36.6 Å². The first-order valence-corrected chi connectivity index (χ1v) is 9.18.